The summed E-state index contributed by atoms with van der Waals surface area (Å²) in [7, 11) is 0. The van der Waals surface area contributed by atoms with Crippen LogP contribution in [-0.4, -0.2) is 29.9 Å². The Morgan fingerprint density at radius 3 is 1.50 bits per heavy atom. The van der Waals surface area contributed by atoms with Crippen LogP contribution in [0.5, 0.6) is 0 Å². The first-order valence-electron chi connectivity index (χ1n) is 4.09. The average molecular weight is 190 g/mol. The lowest BCUT2D eigenvalue weighted by Gasteiger charge is -1.87. The van der Waals surface area contributed by atoms with Crippen LogP contribution in [0.1, 0.15) is 12.7 Å². The van der Waals surface area contributed by atoms with Gasteiger partial charge in [0.2, 0.25) is 0 Å². The highest BCUT2D eigenvalue weighted by Crippen LogP contribution is 1.82. The summed E-state index contributed by atoms with van der Waals surface area (Å²) in [5.41, 5.74) is 0. The summed E-state index contributed by atoms with van der Waals surface area (Å²) >= 11 is 0. The Balaban J connectivity index is 0.000000146. The van der Waals surface area contributed by atoms with Crippen LogP contribution in [0, 0.1) is 0 Å². The van der Waals surface area contributed by atoms with Crippen LogP contribution in [0.15, 0.2) is 31.6 Å². The van der Waals surface area contributed by atoms with Gasteiger partial charge in [0.05, 0.1) is 0 Å². The fourth-order valence-corrected chi connectivity index (χ4v) is 0.651. The van der Waals surface area contributed by atoms with Crippen LogP contribution in [0.3, 0.4) is 0 Å². The molecule has 6 heteroatoms. The van der Waals surface area contributed by atoms with E-state index in [2.05, 4.69) is 29.9 Å². The first-order chi connectivity index (χ1) is 6.93. The molecule has 0 radical (unpaired) electrons. The van der Waals surface area contributed by atoms with Gasteiger partial charge in [-0.1, -0.05) is 6.92 Å². The number of aryl methyl sites for hydroxylation is 1. The van der Waals surface area contributed by atoms with Gasteiger partial charge in [0.15, 0.2) is 0 Å². The third kappa shape index (κ3) is 4.15. The van der Waals surface area contributed by atoms with Crippen molar-refractivity contribution in [1.82, 2.24) is 29.9 Å². The summed E-state index contributed by atoms with van der Waals surface area (Å²) in [5, 5.41) is 0. The van der Waals surface area contributed by atoms with Crippen LogP contribution in [-0.2, 0) is 6.42 Å². The van der Waals surface area contributed by atoms with Crippen LogP contribution < -0.4 is 0 Å². The number of rotatable bonds is 1. The van der Waals surface area contributed by atoms with E-state index < -0.39 is 0 Å². The highest BCUT2D eigenvalue weighted by Gasteiger charge is 1.84. The summed E-state index contributed by atoms with van der Waals surface area (Å²) in [6.07, 6.45) is 8.20. The van der Waals surface area contributed by atoms with Crippen molar-refractivity contribution in [2.24, 2.45) is 0 Å². The van der Waals surface area contributed by atoms with E-state index in [1.165, 1.54) is 31.6 Å². The average Bonchev–Trinajstić information content (AvgIpc) is 2.33. The molecule has 0 aliphatic carbocycles. The second-order valence-corrected chi connectivity index (χ2v) is 2.20. The second kappa shape index (κ2) is 6.53. The van der Waals surface area contributed by atoms with E-state index in [-0.39, 0.29) is 0 Å². The number of nitrogens with zero attached hydrogens (tertiary/aromatic N) is 6. The Hall–Kier alpha value is -1.98. The first-order valence-corrected chi connectivity index (χ1v) is 4.09. The van der Waals surface area contributed by atoms with Gasteiger partial charge in [-0.05, 0) is 0 Å². The number of aromatic nitrogens is 6. The quantitative estimate of drug-likeness (QED) is 0.643. The monoisotopic (exact) mass is 190 g/mol. The lowest BCUT2D eigenvalue weighted by atomic mass is 10.5. The molecule has 0 saturated carbocycles. The Kier molecular flexibility index (Phi) is 4.71. The highest BCUT2D eigenvalue weighted by atomic mass is 15.0. The van der Waals surface area contributed by atoms with Gasteiger partial charge < -0.3 is 0 Å². The zero-order valence-electron chi connectivity index (χ0n) is 7.78. The third-order valence-corrected chi connectivity index (χ3v) is 1.26. The maximum Gasteiger partial charge on any atom is 0.131 e. The maximum atomic E-state index is 3.88. The van der Waals surface area contributed by atoms with Crippen molar-refractivity contribution in [2.75, 3.05) is 0 Å². The molecule has 0 aromatic carbocycles. The highest BCUT2D eigenvalue weighted by molar-refractivity contribution is 4.78. The molecular formula is C8H10N6. The zero-order valence-corrected chi connectivity index (χ0v) is 7.78. The molecule has 2 rings (SSSR count). The van der Waals surface area contributed by atoms with Crippen molar-refractivity contribution < 1.29 is 0 Å². The van der Waals surface area contributed by atoms with E-state index in [0.717, 1.165) is 12.2 Å². The van der Waals surface area contributed by atoms with Crippen molar-refractivity contribution in [1.29, 1.82) is 0 Å². The van der Waals surface area contributed by atoms with Crippen molar-refractivity contribution in [3.8, 4) is 0 Å². The SMILES string of the molecule is CCc1ncncn1.c1ncncn1. The minimum Gasteiger partial charge on any atom is -0.225 e. The molecule has 2 heterocycles. The lowest BCUT2D eigenvalue weighted by Crippen LogP contribution is -1.90. The van der Waals surface area contributed by atoms with Gasteiger partial charge in [0, 0.05) is 6.42 Å². The summed E-state index contributed by atoms with van der Waals surface area (Å²) in [4.78, 5) is 22.1. The van der Waals surface area contributed by atoms with Crippen molar-refractivity contribution in [2.45, 2.75) is 13.3 Å². The van der Waals surface area contributed by atoms with Crippen LogP contribution in [0.25, 0.3) is 0 Å². The van der Waals surface area contributed by atoms with Gasteiger partial charge in [0.1, 0.15) is 37.5 Å². The van der Waals surface area contributed by atoms with Crippen LogP contribution in [0.4, 0.5) is 0 Å². The van der Waals surface area contributed by atoms with Gasteiger partial charge in [-0.3, -0.25) is 0 Å². The molecule has 6 nitrogen and oxygen atoms in total. The molecule has 0 atom stereocenters. The van der Waals surface area contributed by atoms with Crippen molar-refractivity contribution in [3.05, 3.63) is 37.5 Å². The smallest absolute Gasteiger partial charge is 0.131 e. The Morgan fingerprint density at radius 1 is 0.786 bits per heavy atom. The molecule has 0 aliphatic rings. The Labute approximate surface area is 81.5 Å². The van der Waals surface area contributed by atoms with E-state index >= 15 is 0 Å². The molecule has 0 fully saturated rings. The summed E-state index contributed by atoms with van der Waals surface area (Å²) in [5.74, 6) is 0.847. The van der Waals surface area contributed by atoms with Gasteiger partial charge in [-0.15, -0.1) is 0 Å². The molecule has 72 valence electrons. The summed E-state index contributed by atoms with van der Waals surface area (Å²) in [6.45, 7) is 2.01. The minimum atomic E-state index is 0.847. The Bertz CT molecular complexity index is 297. The van der Waals surface area contributed by atoms with Crippen molar-refractivity contribution >= 4 is 0 Å². The molecule has 2 aromatic rings. The molecule has 0 N–H and O–H groups in total. The van der Waals surface area contributed by atoms with E-state index in [1.54, 1.807) is 0 Å². The van der Waals surface area contributed by atoms with Crippen molar-refractivity contribution in [3.63, 3.8) is 0 Å². The molecule has 0 bridgehead atoms. The molecule has 0 saturated heterocycles. The van der Waals surface area contributed by atoms with E-state index in [1.807, 2.05) is 6.92 Å². The fourth-order valence-electron chi connectivity index (χ4n) is 0.651. The second-order valence-electron chi connectivity index (χ2n) is 2.20. The van der Waals surface area contributed by atoms with E-state index in [0.29, 0.717) is 0 Å². The standard InChI is InChI=1S/C5H7N3.C3H3N3/c1-2-5-7-3-6-4-8-5;1-4-2-6-3-5-1/h3-4H,2H2,1H3;1-3H. The lowest BCUT2D eigenvalue weighted by molar-refractivity contribution is 0.896. The molecule has 2 aromatic heterocycles. The predicted molar refractivity (Wildman–Crippen MR) is 49.0 cm³/mol. The topological polar surface area (TPSA) is 77.3 Å². The fraction of sp³-hybridized carbons (Fsp3) is 0.250. The maximum absolute atomic E-state index is 3.88. The van der Waals surface area contributed by atoms with Gasteiger partial charge >= 0.3 is 0 Å². The first kappa shape index (κ1) is 10.1. The van der Waals surface area contributed by atoms with Gasteiger partial charge in [0.25, 0.3) is 0 Å². The molecule has 14 heavy (non-hydrogen) atoms. The zero-order chi connectivity index (χ0) is 10.1. The van der Waals surface area contributed by atoms with Gasteiger partial charge in [-0.25, -0.2) is 29.9 Å². The third-order valence-electron chi connectivity index (χ3n) is 1.26. The summed E-state index contributed by atoms with van der Waals surface area (Å²) in [6, 6.07) is 0. The number of hydrogen-bond donors (Lipinski definition) is 0. The summed E-state index contributed by atoms with van der Waals surface area (Å²) < 4.78 is 0. The molecular weight excluding hydrogens is 180 g/mol. The van der Waals surface area contributed by atoms with E-state index in [9.17, 15) is 0 Å². The van der Waals surface area contributed by atoms with E-state index in [4.69, 9.17) is 0 Å². The molecule has 0 spiro atoms. The van der Waals surface area contributed by atoms with Gasteiger partial charge in [-0.2, -0.15) is 0 Å². The normalized spacial score (nSPS) is 8.64. The van der Waals surface area contributed by atoms with Crippen LogP contribution >= 0.6 is 0 Å². The predicted octanol–water partition coefficient (Wildman–Crippen LogP) is 0.306. The largest absolute Gasteiger partial charge is 0.225 e. The molecule has 0 amide bonds. The minimum absolute atomic E-state index is 0.847. The molecule has 0 aliphatic heterocycles. The van der Waals surface area contributed by atoms with Crippen LogP contribution in [0.2, 0.25) is 0 Å². The Morgan fingerprint density at radius 2 is 1.21 bits per heavy atom. The molecule has 0 unspecified atom stereocenters. The number of hydrogen-bond acceptors (Lipinski definition) is 6.